The number of likely N-dealkylation sites (tertiary alicyclic amines) is 1. The number of anilines is 1. The normalized spacial score (nSPS) is 21.0. The van der Waals surface area contributed by atoms with Gasteiger partial charge in [-0.3, -0.25) is 9.69 Å². The highest BCUT2D eigenvalue weighted by Crippen LogP contribution is 2.20. The second-order valence-corrected chi connectivity index (χ2v) is 6.24. The average Bonchev–Trinajstić information content (AvgIpc) is 2.42. The zero-order valence-corrected chi connectivity index (χ0v) is 13.1. The van der Waals surface area contributed by atoms with E-state index < -0.39 is 0 Å². The number of carbonyl (C=O) groups is 1. The molecule has 3 N–H and O–H groups in total. The number of nitrogens with zero attached hydrogens (tertiary/aromatic N) is 1. The maximum atomic E-state index is 11.7. The Hall–Kier alpha value is -1.39. The zero-order valence-electron chi connectivity index (χ0n) is 13.1. The molecule has 0 radical (unpaired) electrons. The average molecular weight is 289 g/mol. The van der Waals surface area contributed by atoms with Gasteiger partial charge in [0.05, 0.1) is 0 Å². The third-order valence-corrected chi connectivity index (χ3v) is 4.07. The molecule has 116 valence electrons. The Labute approximate surface area is 127 Å². The lowest BCUT2D eigenvalue weighted by Crippen LogP contribution is -2.36. The Morgan fingerprint density at radius 3 is 2.71 bits per heavy atom. The summed E-state index contributed by atoms with van der Waals surface area (Å²) in [6.07, 6.45) is 4.30. The van der Waals surface area contributed by atoms with Crippen molar-refractivity contribution in [3.63, 3.8) is 0 Å². The maximum Gasteiger partial charge on any atom is 0.225 e. The van der Waals surface area contributed by atoms with E-state index in [1.807, 2.05) is 19.1 Å². The molecule has 1 aliphatic heterocycles. The highest BCUT2D eigenvalue weighted by Gasteiger charge is 2.17. The number of hydrogen-bond donors (Lipinski definition) is 2. The topological polar surface area (TPSA) is 58.4 Å². The quantitative estimate of drug-likeness (QED) is 0.876. The van der Waals surface area contributed by atoms with Crippen molar-refractivity contribution in [2.45, 2.75) is 58.2 Å². The molecule has 1 fully saturated rings. The molecule has 0 aromatic heterocycles. The fourth-order valence-corrected chi connectivity index (χ4v) is 2.82. The number of benzene rings is 1. The molecule has 0 spiro atoms. The molecule has 4 nitrogen and oxygen atoms in total. The van der Waals surface area contributed by atoms with Gasteiger partial charge in [-0.1, -0.05) is 18.6 Å². The Balaban J connectivity index is 1.88. The molecular formula is C17H27N3O. The molecule has 2 rings (SSSR count). The van der Waals surface area contributed by atoms with Crippen LogP contribution in [0.25, 0.3) is 0 Å². The van der Waals surface area contributed by atoms with E-state index in [9.17, 15) is 4.79 Å². The van der Waals surface area contributed by atoms with E-state index >= 15 is 0 Å². The molecule has 2 atom stereocenters. The first-order chi connectivity index (χ1) is 10.0. The van der Waals surface area contributed by atoms with Gasteiger partial charge in [0.2, 0.25) is 5.91 Å². The monoisotopic (exact) mass is 289 g/mol. The van der Waals surface area contributed by atoms with E-state index in [2.05, 4.69) is 29.3 Å². The van der Waals surface area contributed by atoms with Crippen LogP contribution >= 0.6 is 0 Å². The van der Waals surface area contributed by atoms with Crippen molar-refractivity contribution in [1.29, 1.82) is 0 Å². The van der Waals surface area contributed by atoms with Gasteiger partial charge in [-0.05, 0) is 50.9 Å². The summed E-state index contributed by atoms with van der Waals surface area (Å²) in [7, 11) is 0. The third-order valence-electron chi connectivity index (χ3n) is 4.07. The largest absolute Gasteiger partial charge is 0.327 e. The molecule has 1 aromatic rings. The van der Waals surface area contributed by atoms with Gasteiger partial charge in [-0.2, -0.15) is 0 Å². The predicted octanol–water partition coefficient (Wildman–Crippen LogP) is 2.74. The first-order valence-electron chi connectivity index (χ1n) is 7.93. The number of piperidine rings is 1. The molecule has 1 amide bonds. The fourth-order valence-electron chi connectivity index (χ4n) is 2.82. The van der Waals surface area contributed by atoms with Crippen LogP contribution in [0.3, 0.4) is 0 Å². The van der Waals surface area contributed by atoms with Crippen molar-refractivity contribution >= 4 is 11.6 Å². The second-order valence-electron chi connectivity index (χ2n) is 6.24. The van der Waals surface area contributed by atoms with E-state index in [-0.39, 0.29) is 11.9 Å². The molecule has 4 heteroatoms. The van der Waals surface area contributed by atoms with Crippen molar-refractivity contribution in [3.05, 3.63) is 29.8 Å². The van der Waals surface area contributed by atoms with Gasteiger partial charge in [0.25, 0.3) is 0 Å². The first kappa shape index (κ1) is 16.0. The number of carbonyl (C=O) groups excluding carboxylic acids is 1. The summed E-state index contributed by atoms with van der Waals surface area (Å²) < 4.78 is 0. The Morgan fingerprint density at radius 2 is 2.10 bits per heavy atom. The van der Waals surface area contributed by atoms with Gasteiger partial charge in [0.1, 0.15) is 0 Å². The van der Waals surface area contributed by atoms with Crippen LogP contribution in [0, 0.1) is 0 Å². The lowest BCUT2D eigenvalue weighted by atomic mass is 10.0. The van der Waals surface area contributed by atoms with Crippen molar-refractivity contribution in [2.75, 3.05) is 11.9 Å². The highest BCUT2D eigenvalue weighted by molar-refractivity contribution is 5.91. The van der Waals surface area contributed by atoms with Gasteiger partial charge in [-0.15, -0.1) is 0 Å². The highest BCUT2D eigenvalue weighted by atomic mass is 16.1. The van der Waals surface area contributed by atoms with Gasteiger partial charge < -0.3 is 11.1 Å². The Morgan fingerprint density at radius 1 is 1.38 bits per heavy atom. The second kappa shape index (κ2) is 7.57. The van der Waals surface area contributed by atoms with Crippen molar-refractivity contribution in [3.8, 4) is 0 Å². The van der Waals surface area contributed by atoms with Crippen LogP contribution in [0.15, 0.2) is 24.3 Å². The van der Waals surface area contributed by atoms with Gasteiger partial charge in [-0.25, -0.2) is 0 Å². The van der Waals surface area contributed by atoms with E-state index in [0.717, 1.165) is 12.2 Å². The van der Waals surface area contributed by atoms with Gasteiger partial charge >= 0.3 is 0 Å². The van der Waals surface area contributed by atoms with Crippen LogP contribution < -0.4 is 11.1 Å². The summed E-state index contributed by atoms with van der Waals surface area (Å²) in [6, 6.07) is 8.71. The van der Waals surface area contributed by atoms with Gasteiger partial charge in [0.15, 0.2) is 0 Å². The molecule has 0 saturated carbocycles. The minimum atomic E-state index is -0.107. The fraction of sp³-hybridized carbons (Fsp3) is 0.588. The van der Waals surface area contributed by atoms with Crippen molar-refractivity contribution in [1.82, 2.24) is 4.90 Å². The third kappa shape index (κ3) is 5.14. The Kier molecular flexibility index (Phi) is 5.76. The standard InChI is InChI=1S/C17H27N3O/c1-13(18)11-17(21)19-16-8-6-15(7-9-16)12-20-10-4-3-5-14(20)2/h6-9,13-14H,3-5,10-12,18H2,1-2H3,(H,19,21). The molecule has 1 aromatic carbocycles. The zero-order chi connectivity index (χ0) is 15.2. The van der Waals surface area contributed by atoms with E-state index in [4.69, 9.17) is 5.73 Å². The minimum absolute atomic E-state index is 0.0256. The molecule has 1 heterocycles. The minimum Gasteiger partial charge on any atom is -0.327 e. The van der Waals surface area contributed by atoms with Crippen LogP contribution in [0.2, 0.25) is 0 Å². The van der Waals surface area contributed by atoms with Crippen LogP contribution in [0.4, 0.5) is 5.69 Å². The lowest BCUT2D eigenvalue weighted by Gasteiger charge is -2.33. The van der Waals surface area contributed by atoms with Crippen LogP contribution in [-0.4, -0.2) is 29.4 Å². The van der Waals surface area contributed by atoms with Crippen LogP contribution in [-0.2, 0) is 11.3 Å². The van der Waals surface area contributed by atoms with Crippen molar-refractivity contribution in [2.24, 2.45) is 5.73 Å². The molecular weight excluding hydrogens is 262 g/mol. The van der Waals surface area contributed by atoms with E-state index in [0.29, 0.717) is 12.5 Å². The number of nitrogens with two attached hydrogens (primary N) is 1. The predicted molar refractivity (Wildman–Crippen MR) is 87.1 cm³/mol. The van der Waals surface area contributed by atoms with E-state index in [1.165, 1.54) is 31.4 Å². The SMILES string of the molecule is CC(N)CC(=O)Nc1ccc(CN2CCCCC2C)cc1. The van der Waals surface area contributed by atoms with Gasteiger partial charge in [0, 0.05) is 30.7 Å². The summed E-state index contributed by atoms with van der Waals surface area (Å²) in [5.74, 6) is -0.0256. The van der Waals surface area contributed by atoms with Crippen LogP contribution in [0.5, 0.6) is 0 Å². The number of amides is 1. The maximum absolute atomic E-state index is 11.7. The lowest BCUT2D eigenvalue weighted by molar-refractivity contribution is -0.116. The number of nitrogens with one attached hydrogen (secondary N) is 1. The Bertz CT molecular complexity index is 456. The first-order valence-corrected chi connectivity index (χ1v) is 7.93. The number of hydrogen-bond acceptors (Lipinski definition) is 3. The molecule has 1 saturated heterocycles. The van der Waals surface area contributed by atoms with E-state index in [1.54, 1.807) is 0 Å². The summed E-state index contributed by atoms with van der Waals surface area (Å²) in [5, 5.41) is 2.88. The molecule has 0 bridgehead atoms. The molecule has 1 aliphatic rings. The molecule has 21 heavy (non-hydrogen) atoms. The summed E-state index contributed by atoms with van der Waals surface area (Å²) in [4.78, 5) is 14.2. The molecule has 2 unspecified atom stereocenters. The summed E-state index contributed by atoms with van der Waals surface area (Å²) >= 11 is 0. The smallest absolute Gasteiger partial charge is 0.225 e. The number of rotatable bonds is 5. The summed E-state index contributed by atoms with van der Waals surface area (Å²) in [6.45, 7) is 6.33. The summed E-state index contributed by atoms with van der Waals surface area (Å²) in [5.41, 5.74) is 7.77. The van der Waals surface area contributed by atoms with Crippen molar-refractivity contribution < 1.29 is 4.79 Å². The molecule has 0 aliphatic carbocycles. The van der Waals surface area contributed by atoms with Crippen LogP contribution in [0.1, 0.15) is 45.1 Å².